The van der Waals surface area contributed by atoms with Crippen LogP contribution in [0.1, 0.15) is 25.3 Å². The number of carboxylic acid groups (broad SMARTS) is 1. The van der Waals surface area contributed by atoms with Gasteiger partial charge in [-0.3, -0.25) is 4.79 Å². The number of carboxylic acids is 1. The maximum absolute atomic E-state index is 11.8. The molecular weight excluding hydrogens is 296 g/mol. The fourth-order valence-corrected chi connectivity index (χ4v) is 1.79. The summed E-state index contributed by atoms with van der Waals surface area (Å²) in [5.41, 5.74) is 6.36. The number of aromatic hydroxyl groups is 1. The predicted molar refractivity (Wildman–Crippen MR) is 81.5 cm³/mol. The number of amides is 1. The van der Waals surface area contributed by atoms with Crippen molar-refractivity contribution in [2.24, 2.45) is 5.73 Å². The summed E-state index contributed by atoms with van der Waals surface area (Å²) in [6.45, 7) is 1.90. The molecule has 6 nitrogen and oxygen atoms in total. The van der Waals surface area contributed by atoms with Crippen LogP contribution in [0.3, 0.4) is 0 Å². The lowest BCUT2D eigenvalue weighted by molar-refractivity contribution is -0.142. The quantitative estimate of drug-likeness (QED) is 0.600. The molecule has 1 aromatic rings. The lowest BCUT2D eigenvalue weighted by atomic mass is 10.0. The first-order chi connectivity index (χ1) is 9.43. The molecule has 5 N–H and O–H groups in total. The van der Waals surface area contributed by atoms with Gasteiger partial charge in [0.25, 0.3) is 0 Å². The summed E-state index contributed by atoms with van der Waals surface area (Å²) in [5.74, 6) is -1.47. The number of nitrogens with one attached hydrogen (secondary N) is 1. The summed E-state index contributed by atoms with van der Waals surface area (Å²) in [5, 5.41) is 20.8. The molecule has 0 unspecified atom stereocenters. The number of carbonyl (C=O) groups is 2. The van der Waals surface area contributed by atoms with E-state index >= 15 is 0 Å². The van der Waals surface area contributed by atoms with Crippen LogP contribution in [-0.2, 0) is 16.0 Å². The Morgan fingerprint density at radius 2 is 1.86 bits per heavy atom. The van der Waals surface area contributed by atoms with E-state index in [-0.39, 0.29) is 24.6 Å². The lowest BCUT2D eigenvalue weighted by Crippen LogP contribution is -2.49. The number of phenols is 1. The van der Waals surface area contributed by atoms with Crippen molar-refractivity contribution >= 4 is 24.3 Å². The lowest BCUT2D eigenvalue weighted by Gasteiger charge is -2.17. The summed E-state index contributed by atoms with van der Waals surface area (Å²) in [6.07, 6.45) is 1.40. The number of halogens is 1. The minimum Gasteiger partial charge on any atom is -0.508 e. The minimum atomic E-state index is -1.12. The molecule has 0 saturated heterocycles. The normalized spacial score (nSPS) is 12.9. The van der Waals surface area contributed by atoms with Crippen molar-refractivity contribution in [1.82, 2.24) is 5.32 Å². The van der Waals surface area contributed by atoms with Crippen molar-refractivity contribution < 1.29 is 19.8 Å². The molecule has 21 heavy (non-hydrogen) atoms. The van der Waals surface area contributed by atoms with Crippen molar-refractivity contribution in [3.63, 3.8) is 0 Å². The first kappa shape index (κ1) is 19.2. The Bertz CT molecular complexity index is 465. The van der Waals surface area contributed by atoms with Crippen molar-refractivity contribution in [2.75, 3.05) is 0 Å². The van der Waals surface area contributed by atoms with Gasteiger partial charge in [0.15, 0.2) is 0 Å². The third-order valence-electron chi connectivity index (χ3n) is 2.93. The highest BCUT2D eigenvalue weighted by atomic mass is 35.5. The number of hydrogen-bond donors (Lipinski definition) is 4. The third kappa shape index (κ3) is 6.46. The highest BCUT2D eigenvalue weighted by molar-refractivity contribution is 5.86. The van der Waals surface area contributed by atoms with Crippen LogP contribution in [-0.4, -0.2) is 34.2 Å². The molecule has 0 aliphatic rings. The number of aliphatic carboxylic acids is 1. The average Bonchev–Trinajstić information content (AvgIpc) is 2.40. The van der Waals surface area contributed by atoms with Crippen LogP contribution in [0.15, 0.2) is 24.3 Å². The van der Waals surface area contributed by atoms with Gasteiger partial charge < -0.3 is 21.3 Å². The van der Waals surface area contributed by atoms with Crippen LogP contribution < -0.4 is 11.1 Å². The van der Waals surface area contributed by atoms with E-state index in [1.165, 1.54) is 12.1 Å². The molecule has 0 saturated carbocycles. The molecule has 0 spiro atoms. The molecule has 0 bridgehead atoms. The molecule has 0 heterocycles. The van der Waals surface area contributed by atoms with Crippen molar-refractivity contribution in [3.05, 3.63) is 29.8 Å². The highest BCUT2D eigenvalue weighted by Gasteiger charge is 2.23. The Hall–Kier alpha value is -1.79. The van der Waals surface area contributed by atoms with E-state index in [9.17, 15) is 14.7 Å². The monoisotopic (exact) mass is 316 g/mol. The number of benzene rings is 1. The Labute approximate surface area is 129 Å². The molecule has 0 aromatic heterocycles. The predicted octanol–water partition coefficient (Wildman–Crippen LogP) is 1.05. The Balaban J connectivity index is 0.00000400. The van der Waals surface area contributed by atoms with E-state index in [1.54, 1.807) is 12.1 Å². The van der Waals surface area contributed by atoms with Gasteiger partial charge in [-0.2, -0.15) is 0 Å². The summed E-state index contributed by atoms with van der Waals surface area (Å²) in [4.78, 5) is 22.9. The molecule has 1 rings (SSSR count). The SMILES string of the molecule is CCC[C@H](N)C(=O)N[C@@H](Cc1ccc(O)cc1)C(=O)O.Cl. The second-order valence-corrected chi connectivity index (χ2v) is 4.67. The van der Waals surface area contributed by atoms with Gasteiger partial charge in [-0.1, -0.05) is 25.5 Å². The first-order valence-corrected chi connectivity index (χ1v) is 6.50. The van der Waals surface area contributed by atoms with Crippen molar-refractivity contribution in [1.29, 1.82) is 0 Å². The standard InChI is InChI=1S/C14H20N2O4.ClH/c1-2-3-11(15)13(18)16-12(14(19)20)8-9-4-6-10(17)7-5-9;/h4-7,11-12,17H,2-3,8,15H2,1H3,(H,16,18)(H,19,20);1H/t11-,12-;/m0./s1. The van der Waals surface area contributed by atoms with E-state index in [2.05, 4.69) is 5.32 Å². The second-order valence-electron chi connectivity index (χ2n) is 4.67. The summed E-state index contributed by atoms with van der Waals surface area (Å²) in [6, 6.07) is 4.45. The average molecular weight is 317 g/mol. The topological polar surface area (TPSA) is 113 Å². The van der Waals surface area contributed by atoms with Crippen molar-refractivity contribution in [3.8, 4) is 5.75 Å². The zero-order valence-electron chi connectivity index (χ0n) is 11.8. The molecule has 1 aromatic carbocycles. The van der Waals surface area contributed by atoms with Crippen LogP contribution in [0.5, 0.6) is 5.75 Å². The highest BCUT2D eigenvalue weighted by Crippen LogP contribution is 2.11. The molecule has 0 aliphatic heterocycles. The Morgan fingerprint density at radius 3 is 2.33 bits per heavy atom. The van der Waals surface area contributed by atoms with E-state index in [0.717, 1.165) is 6.42 Å². The van der Waals surface area contributed by atoms with E-state index in [0.29, 0.717) is 12.0 Å². The van der Waals surface area contributed by atoms with Crippen LogP contribution in [0.2, 0.25) is 0 Å². The van der Waals surface area contributed by atoms with E-state index in [4.69, 9.17) is 10.8 Å². The summed E-state index contributed by atoms with van der Waals surface area (Å²) in [7, 11) is 0. The third-order valence-corrected chi connectivity index (χ3v) is 2.93. The van der Waals surface area contributed by atoms with Gasteiger partial charge in [0.1, 0.15) is 11.8 Å². The smallest absolute Gasteiger partial charge is 0.326 e. The fourth-order valence-electron chi connectivity index (χ4n) is 1.79. The van der Waals surface area contributed by atoms with Crippen molar-refractivity contribution in [2.45, 2.75) is 38.3 Å². The molecule has 2 atom stereocenters. The second kappa shape index (κ2) is 9.20. The molecule has 0 radical (unpaired) electrons. The van der Waals surface area contributed by atoms with Gasteiger partial charge in [0, 0.05) is 6.42 Å². The van der Waals surface area contributed by atoms with Gasteiger partial charge in [-0.15, -0.1) is 12.4 Å². The van der Waals surface area contributed by atoms with Crippen LogP contribution in [0.25, 0.3) is 0 Å². The Morgan fingerprint density at radius 1 is 1.29 bits per heavy atom. The number of hydrogen-bond acceptors (Lipinski definition) is 4. The number of phenolic OH excluding ortho intramolecular Hbond substituents is 1. The fraction of sp³-hybridized carbons (Fsp3) is 0.429. The Kier molecular flexibility index (Phi) is 8.42. The number of carbonyl (C=O) groups excluding carboxylic acids is 1. The van der Waals surface area contributed by atoms with E-state index < -0.39 is 24.0 Å². The van der Waals surface area contributed by atoms with Gasteiger partial charge in [0.2, 0.25) is 5.91 Å². The van der Waals surface area contributed by atoms with E-state index in [1.807, 2.05) is 6.92 Å². The molecule has 1 amide bonds. The zero-order valence-corrected chi connectivity index (χ0v) is 12.6. The largest absolute Gasteiger partial charge is 0.508 e. The summed E-state index contributed by atoms with van der Waals surface area (Å²) < 4.78 is 0. The van der Waals surface area contributed by atoms with Gasteiger partial charge in [-0.05, 0) is 24.1 Å². The van der Waals surface area contributed by atoms with Gasteiger partial charge >= 0.3 is 5.97 Å². The van der Waals surface area contributed by atoms with Crippen LogP contribution >= 0.6 is 12.4 Å². The number of nitrogens with two attached hydrogens (primary N) is 1. The molecule has 118 valence electrons. The van der Waals surface area contributed by atoms with Gasteiger partial charge in [0.05, 0.1) is 6.04 Å². The summed E-state index contributed by atoms with van der Waals surface area (Å²) >= 11 is 0. The minimum absolute atomic E-state index is 0. The number of rotatable bonds is 7. The molecule has 7 heteroatoms. The molecular formula is C14H21ClN2O4. The molecule has 0 aliphatic carbocycles. The maximum Gasteiger partial charge on any atom is 0.326 e. The zero-order chi connectivity index (χ0) is 15.1. The van der Waals surface area contributed by atoms with Gasteiger partial charge in [-0.25, -0.2) is 4.79 Å². The maximum atomic E-state index is 11.8. The molecule has 0 fully saturated rings. The first-order valence-electron chi connectivity index (χ1n) is 6.50. The van der Waals surface area contributed by atoms with Crippen LogP contribution in [0, 0.1) is 0 Å². The van der Waals surface area contributed by atoms with Crippen LogP contribution in [0.4, 0.5) is 0 Å².